The maximum absolute atomic E-state index is 12.2. The van der Waals surface area contributed by atoms with Crippen LogP contribution in [0.25, 0.3) is 0 Å². The van der Waals surface area contributed by atoms with E-state index in [1.165, 1.54) is 0 Å². The number of nitriles is 1. The monoisotopic (exact) mass is 222 g/mol. The molecule has 0 bridgehead atoms. The normalized spacial score (nSPS) is 34.8. The van der Waals surface area contributed by atoms with Gasteiger partial charge in [0.15, 0.2) is 6.10 Å². The Bertz CT molecular complexity index is 311. The summed E-state index contributed by atoms with van der Waals surface area (Å²) in [5.41, 5.74) is 0. The van der Waals surface area contributed by atoms with Crippen molar-refractivity contribution >= 4 is 5.91 Å². The molecule has 0 aromatic rings. The van der Waals surface area contributed by atoms with Gasteiger partial charge in [-0.15, -0.1) is 0 Å². The third kappa shape index (κ3) is 2.19. The minimum atomic E-state index is -0.436. The van der Waals surface area contributed by atoms with E-state index in [0.717, 1.165) is 19.3 Å². The van der Waals surface area contributed by atoms with E-state index in [0.29, 0.717) is 25.6 Å². The van der Waals surface area contributed by atoms with E-state index < -0.39 is 6.10 Å². The standard InChI is InChI=1S/C12H18N2O2/c1-9-3-2-4-11(9)12(15)14-5-6-16-10(7-13)8-14/h9-11H,2-6,8H2,1H3. The van der Waals surface area contributed by atoms with Gasteiger partial charge in [0.1, 0.15) is 0 Å². The van der Waals surface area contributed by atoms with E-state index in [9.17, 15) is 4.79 Å². The second kappa shape index (κ2) is 4.84. The van der Waals surface area contributed by atoms with E-state index in [1.807, 2.05) is 4.90 Å². The van der Waals surface area contributed by atoms with Gasteiger partial charge in [0, 0.05) is 12.5 Å². The summed E-state index contributed by atoms with van der Waals surface area (Å²) in [4.78, 5) is 14.0. The average Bonchev–Trinajstić information content (AvgIpc) is 2.74. The summed E-state index contributed by atoms with van der Waals surface area (Å²) in [6, 6.07) is 2.07. The second-order valence-corrected chi connectivity index (χ2v) is 4.79. The lowest BCUT2D eigenvalue weighted by Gasteiger charge is -2.32. The third-order valence-electron chi connectivity index (χ3n) is 3.70. The molecule has 0 radical (unpaired) electrons. The Kier molecular flexibility index (Phi) is 3.45. The topological polar surface area (TPSA) is 53.3 Å². The lowest BCUT2D eigenvalue weighted by atomic mass is 9.96. The SMILES string of the molecule is CC1CCCC1C(=O)N1CCOC(C#N)C1. The van der Waals surface area contributed by atoms with Gasteiger partial charge in [-0.05, 0) is 18.8 Å². The third-order valence-corrected chi connectivity index (χ3v) is 3.70. The highest BCUT2D eigenvalue weighted by molar-refractivity contribution is 5.79. The molecular formula is C12H18N2O2. The van der Waals surface area contributed by atoms with E-state index in [4.69, 9.17) is 10.00 Å². The van der Waals surface area contributed by atoms with Crippen LogP contribution in [0.3, 0.4) is 0 Å². The fourth-order valence-corrected chi connectivity index (χ4v) is 2.67. The van der Waals surface area contributed by atoms with Crippen LogP contribution < -0.4 is 0 Å². The molecule has 4 nitrogen and oxygen atoms in total. The van der Waals surface area contributed by atoms with Crippen molar-refractivity contribution in [2.45, 2.75) is 32.3 Å². The number of ether oxygens (including phenoxy) is 1. The van der Waals surface area contributed by atoms with Crippen LogP contribution in [0.2, 0.25) is 0 Å². The second-order valence-electron chi connectivity index (χ2n) is 4.79. The van der Waals surface area contributed by atoms with Crippen molar-refractivity contribution in [3.05, 3.63) is 0 Å². The summed E-state index contributed by atoms with van der Waals surface area (Å²) < 4.78 is 5.24. The molecule has 16 heavy (non-hydrogen) atoms. The van der Waals surface area contributed by atoms with Crippen LogP contribution in [0.4, 0.5) is 0 Å². The van der Waals surface area contributed by atoms with Crippen LogP contribution in [0, 0.1) is 23.2 Å². The van der Waals surface area contributed by atoms with Crippen LogP contribution >= 0.6 is 0 Å². The number of carbonyl (C=O) groups excluding carboxylic acids is 1. The zero-order chi connectivity index (χ0) is 11.5. The quantitative estimate of drug-likeness (QED) is 0.669. The molecule has 3 atom stereocenters. The lowest BCUT2D eigenvalue weighted by Crippen LogP contribution is -2.47. The molecule has 88 valence electrons. The number of carbonyl (C=O) groups is 1. The van der Waals surface area contributed by atoms with Gasteiger partial charge >= 0.3 is 0 Å². The predicted octanol–water partition coefficient (Wildman–Crippen LogP) is 1.17. The first-order valence-corrected chi connectivity index (χ1v) is 6.02. The van der Waals surface area contributed by atoms with Gasteiger partial charge in [-0.25, -0.2) is 0 Å². The summed E-state index contributed by atoms with van der Waals surface area (Å²) in [6.45, 7) is 3.72. The first-order chi connectivity index (χ1) is 7.72. The van der Waals surface area contributed by atoms with Crippen molar-refractivity contribution in [2.75, 3.05) is 19.7 Å². The molecule has 1 saturated heterocycles. The van der Waals surface area contributed by atoms with Crippen LogP contribution in [-0.4, -0.2) is 36.6 Å². The number of nitrogens with zero attached hydrogens (tertiary/aromatic N) is 2. The van der Waals surface area contributed by atoms with Crippen LogP contribution in [0.15, 0.2) is 0 Å². The summed E-state index contributed by atoms with van der Waals surface area (Å²) in [6.07, 6.45) is 2.88. The minimum absolute atomic E-state index is 0.178. The van der Waals surface area contributed by atoms with Crippen LogP contribution in [0.1, 0.15) is 26.2 Å². The fourth-order valence-electron chi connectivity index (χ4n) is 2.67. The molecule has 2 fully saturated rings. The Morgan fingerprint density at radius 1 is 1.50 bits per heavy atom. The first kappa shape index (κ1) is 11.4. The number of hydrogen-bond donors (Lipinski definition) is 0. The molecule has 3 unspecified atom stereocenters. The molecule has 0 aromatic heterocycles. The highest BCUT2D eigenvalue weighted by Crippen LogP contribution is 2.32. The van der Waals surface area contributed by atoms with Crippen LogP contribution in [0.5, 0.6) is 0 Å². The largest absolute Gasteiger partial charge is 0.360 e. The average molecular weight is 222 g/mol. The van der Waals surface area contributed by atoms with E-state index >= 15 is 0 Å². The van der Waals surface area contributed by atoms with Crippen molar-refractivity contribution in [1.82, 2.24) is 4.90 Å². The zero-order valence-electron chi connectivity index (χ0n) is 9.69. The number of hydrogen-bond acceptors (Lipinski definition) is 3. The van der Waals surface area contributed by atoms with Crippen LogP contribution in [-0.2, 0) is 9.53 Å². The summed E-state index contributed by atoms with van der Waals surface area (Å²) >= 11 is 0. The van der Waals surface area contributed by atoms with Crippen molar-refractivity contribution in [2.24, 2.45) is 11.8 Å². The van der Waals surface area contributed by atoms with Gasteiger partial charge < -0.3 is 9.64 Å². The predicted molar refractivity (Wildman–Crippen MR) is 58.4 cm³/mol. The van der Waals surface area contributed by atoms with Gasteiger partial charge in [0.05, 0.1) is 19.2 Å². The summed E-state index contributed by atoms with van der Waals surface area (Å²) in [5.74, 6) is 0.905. The van der Waals surface area contributed by atoms with Crippen molar-refractivity contribution in [1.29, 1.82) is 5.26 Å². The molecule has 2 rings (SSSR count). The Hall–Kier alpha value is -1.08. The molecule has 4 heteroatoms. The molecule has 0 N–H and O–H groups in total. The van der Waals surface area contributed by atoms with Gasteiger partial charge in [-0.1, -0.05) is 13.3 Å². The first-order valence-electron chi connectivity index (χ1n) is 6.02. The molecule has 1 aliphatic heterocycles. The molecular weight excluding hydrogens is 204 g/mol. The number of amides is 1. The van der Waals surface area contributed by atoms with Gasteiger partial charge in [-0.3, -0.25) is 4.79 Å². The maximum atomic E-state index is 12.2. The molecule has 0 spiro atoms. The Morgan fingerprint density at radius 3 is 2.94 bits per heavy atom. The number of rotatable bonds is 1. The Balaban J connectivity index is 1.96. The Labute approximate surface area is 96.2 Å². The van der Waals surface area contributed by atoms with Gasteiger partial charge in [0.25, 0.3) is 0 Å². The van der Waals surface area contributed by atoms with Crippen molar-refractivity contribution < 1.29 is 9.53 Å². The van der Waals surface area contributed by atoms with E-state index in [-0.39, 0.29) is 11.8 Å². The molecule has 0 aromatic carbocycles. The molecule has 1 saturated carbocycles. The highest BCUT2D eigenvalue weighted by atomic mass is 16.5. The Morgan fingerprint density at radius 2 is 2.31 bits per heavy atom. The minimum Gasteiger partial charge on any atom is -0.360 e. The fraction of sp³-hybridized carbons (Fsp3) is 0.833. The molecule has 1 aliphatic carbocycles. The van der Waals surface area contributed by atoms with Gasteiger partial charge in [-0.2, -0.15) is 5.26 Å². The van der Waals surface area contributed by atoms with Gasteiger partial charge in [0.2, 0.25) is 5.91 Å². The molecule has 1 heterocycles. The molecule has 1 amide bonds. The van der Waals surface area contributed by atoms with E-state index in [1.54, 1.807) is 0 Å². The number of morpholine rings is 1. The van der Waals surface area contributed by atoms with E-state index in [2.05, 4.69) is 13.0 Å². The van der Waals surface area contributed by atoms with Crippen molar-refractivity contribution in [3.8, 4) is 6.07 Å². The summed E-state index contributed by atoms with van der Waals surface area (Å²) in [7, 11) is 0. The maximum Gasteiger partial charge on any atom is 0.226 e. The molecule has 2 aliphatic rings. The lowest BCUT2D eigenvalue weighted by molar-refractivity contribution is -0.142. The summed E-state index contributed by atoms with van der Waals surface area (Å²) in [5, 5.41) is 8.79. The zero-order valence-corrected chi connectivity index (χ0v) is 9.69. The highest BCUT2D eigenvalue weighted by Gasteiger charge is 2.34. The smallest absolute Gasteiger partial charge is 0.226 e. The van der Waals surface area contributed by atoms with Crippen molar-refractivity contribution in [3.63, 3.8) is 0 Å².